The third-order valence-electron chi connectivity index (χ3n) is 2.97. The average molecular weight is 371 g/mol. The van der Waals surface area contributed by atoms with Crippen LogP contribution >= 0.6 is 11.5 Å². The lowest BCUT2D eigenvalue weighted by Gasteiger charge is -2.07. The average Bonchev–Trinajstić information content (AvgIpc) is 2.98. The molecule has 1 aromatic carbocycles. The van der Waals surface area contributed by atoms with Crippen molar-refractivity contribution in [3.63, 3.8) is 0 Å². The van der Waals surface area contributed by atoms with Gasteiger partial charge in [0, 0.05) is 6.26 Å². The summed E-state index contributed by atoms with van der Waals surface area (Å²) >= 11 is 0.687. The lowest BCUT2D eigenvalue weighted by Crippen LogP contribution is -2.09. The maximum Gasteiger partial charge on any atom is 0.345 e. The number of nitrogens with zero attached hydrogens (tertiary/aromatic N) is 1. The third-order valence-corrected chi connectivity index (χ3v) is 5.60. The number of sulfone groups is 1. The van der Waals surface area contributed by atoms with Gasteiger partial charge < -0.3 is 14.2 Å². The van der Waals surface area contributed by atoms with Crippen molar-refractivity contribution < 1.29 is 27.4 Å². The molecule has 0 amide bonds. The van der Waals surface area contributed by atoms with Gasteiger partial charge in [0.1, 0.15) is 12.4 Å². The fourth-order valence-corrected chi connectivity index (χ4v) is 3.65. The first-order chi connectivity index (χ1) is 11.4. The quantitative estimate of drug-likeness (QED) is 0.690. The van der Waals surface area contributed by atoms with Gasteiger partial charge >= 0.3 is 5.97 Å². The van der Waals surface area contributed by atoms with Crippen LogP contribution in [0.1, 0.15) is 22.8 Å². The maximum atomic E-state index is 11.9. The van der Waals surface area contributed by atoms with Crippen LogP contribution in [0.4, 0.5) is 0 Å². The van der Waals surface area contributed by atoms with Gasteiger partial charge in [-0.2, -0.15) is 4.37 Å². The predicted molar refractivity (Wildman–Crippen MR) is 88.5 cm³/mol. The Morgan fingerprint density at radius 3 is 2.42 bits per heavy atom. The van der Waals surface area contributed by atoms with Crippen molar-refractivity contribution >= 4 is 27.3 Å². The molecule has 0 spiro atoms. The van der Waals surface area contributed by atoms with E-state index < -0.39 is 15.8 Å². The summed E-state index contributed by atoms with van der Waals surface area (Å²) in [7, 11) is -2.44. The summed E-state index contributed by atoms with van der Waals surface area (Å²) < 4.78 is 42.8. The highest BCUT2D eigenvalue weighted by Crippen LogP contribution is 2.31. The highest BCUT2D eigenvalue weighted by atomic mass is 32.2. The van der Waals surface area contributed by atoms with Gasteiger partial charge in [-0.25, -0.2) is 13.2 Å². The smallest absolute Gasteiger partial charge is 0.345 e. The molecule has 0 aliphatic carbocycles. The normalized spacial score (nSPS) is 11.1. The minimum absolute atomic E-state index is 0.0545. The first kappa shape index (κ1) is 18.2. The largest absolute Gasteiger partial charge is 0.494 e. The standard InChI is InChI=1S/C15H17NO6S2/c1-4-21-11-7-5-10(6-8-11)9-22-13-12(14(17)20-2)15(23-16-13)24(3,18)19/h5-8H,4,9H2,1-3H3. The summed E-state index contributed by atoms with van der Waals surface area (Å²) in [5, 5.41) is 0. The Bertz CT molecular complexity index is 811. The summed E-state index contributed by atoms with van der Waals surface area (Å²) in [5.41, 5.74) is 0.652. The molecule has 0 atom stereocenters. The summed E-state index contributed by atoms with van der Waals surface area (Å²) in [5.74, 6) is -0.114. The van der Waals surface area contributed by atoms with Crippen LogP contribution < -0.4 is 9.47 Å². The van der Waals surface area contributed by atoms with Crippen LogP contribution in [-0.4, -0.2) is 38.7 Å². The molecule has 130 valence electrons. The Hall–Kier alpha value is -2.13. The van der Waals surface area contributed by atoms with Gasteiger partial charge in [-0.3, -0.25) is 0 Å². The summed E-state index contributed by atoms with van der Waals surface area (Å²) in [6, 6.07) is 7.22. The number of hydrogen-bond acceptors (Lipinski definition) is 8. The van der Waals surface area contributed by atoms with Crippen molar-refractivity contribution in [2.24, 2.45) is 0 Å². The summed E-state index contributed by atoms with van der Waals surface area (Å²) in [4.78, 5) is 11.9. The third kappa shape index (κ3) is 4.24. The first-order valence-electron chi connectivity index (χ1n) is 6.99. The minimum Gasteiger partial charge on any atom is -0.494 e. The highest BCUT2D eigenvalue weighted by Gasteiger charge is 2.28. The van der Waals surface area contributed by atoms with E-state index in [-0.39, 0.29) is 22.3 Å². The summed E-state index contributed by atoms with van der Waals surface area (Å²) in [6.45, 7) is 2.60. The fourth-order valence-electron chi connectivity index (χ4n) is 1.89. The molecule has 1 aromatic heterocycles. The fraction of sp³-hybridized carbons (Fsp3) is 0.333. The predicted octanol–water partition coefficient (Wildman–Crippen LogP) is 2.31. The number of rotatable bonds is 7. The molecular weight excluding hydrogens is 354 g/mol. The molecule has 0 fully saturated rings. The lowest BCUT2D eigenvalue weighted by atomic mass is 10.2. The van der Waals surface area contributed by atoms with Crippen molar-refractivity contribution in [1.82, 2.24) is 4.37 Å². The molecule has 0 N–H and O–H groups in total. The second-order valence-corrected chi connectivity index (χ2v) is 7.76. The number of methoxy groups -OCH3 is 1. The Labute approximate surface area is 144 Å². The van der Waals surface area contributed by atoms with Crippen molar-refractivity contribution in [3.05, 3.63) is 35.4 Å². The van der Waals surface area contributed by atoms with Crippen molar-refractivity contribution in [2.45, 2.75) is 17.7 Å². The van der Waals surface area contributed by atoms with Crippen molar-refractivity contribution in [1.29, 1.82) is 0 Å². The van der Waals surface area contributed by atoms with Crippen molar-refractivity contribution in [3.8, 4) is 11.6 Å². The topological polar surface area (TPSA) is 91.8 Å². The molecule has 0 saturated heterocycles. The van der Waals surface area contributed by atoms with Crippen LogP contribution in [0.3, 0.4) is 0 Å². The summed E-state index contributed by atoms with van der Waals surface area (Å²) in [6.07, 6.45) is 1.00. The molecule has 0 unspecified atom stereocenters. The number of carbonyl (C=O) groups is 1. The van der Waals surface area contributed by atoms with Crippen LogP contribution in [0.25, 0.3) is 0 Å². The molecule has 0 saturated carbocycles. The van der Waals surface area contributed by atoms with Gasteiger partial charge in [0.05, 0.1) is 13.7 Å². The van der Waals surface area contributed by atoms with E-state index in [1.807, 2.05) is 19.1 Å². The monoisotopic (exact) mass is 371 g/mol. The molecule has 0 aliphatic rings. The Morgan fingerprint density at radius 1 is 1.21 bits per heavy atom. The maximum absolute atomic E-state index is 11.9. The Kier molecular flexibility index (Phi) is 5.79. The number of benzene rings is 1. The molecule has 2 rings (SSSR count). The number of carbonyl (C=O) groups excluding carboxylic acids is 1. The zero-order valence-corrected chi connectivity index (χ0v) is 15.1. The van der Waals surface area contributed by atoms with Gasteiger partial charge in [0.15, 0.2) is 19.6 Å². The van der Waals surface area contributed by atoms with E-state index in [2.05, 4.69) is 9.11 Å². The molecule has 7 nitrogen and oxygen atoms in total. The van der Waals surface area contributed by atoms with Gasteiger partial charge in [0.2, 0.25) is 5.88 Å². The number of ether oxygens (including phenoxy) is 3. The van der Waals surface area contributed by atoms with Crippen molar-refractivity contribution in [2.75, 3.05) is 20.0 Å². The second kappa shape index (κ2) is 7.63. The molecule has 1 heterocycles. The second-order valence-electron chi connectivity index (χ2n) is 4.78. The number of aromatic nitrogens is 1. The van der Waals surface area contributed by atoms with Gasteiger partial charge in [-0.1, -0.05) is 12.1 Å². The van der Waals surface area contributed by atoms with Crippen LogP contribution in [-0.2, 0) is 21.2 Å². The van der Waals surface area contributed by atoms with Gasteiger partial charge in [-0.15, -0.1) is 0 Å². The van der Waals surface area contributed by atoms with Crippen LogP contribution in [0.5, 0.6) is 11.6 Å². The van der Waals surface area contributed by atoms with E-state index in [1.165, 1.54) is 7.11 Å². The van der Waals surface area contributed by atoms with Gasteiger partial charge in [-0.05, 0) is 36.2 Å². The molecule has 0 radical (unpaired) electrons. The number of hydrogen-bond donors (Lipinski definition) is 0. The Balaban J connectivity index is 2.20. The van der Waals surface area contributed by atoms with E-state index in [0.29, 0.717) is 18.1 Å². The van der Waals surface area contributed by atoms with E-state index in [1.54, 1.807) is 12.1 Å². The first-order valence-corrected chi connectivity index (χ1v) is 9.65. The molecule has 0 aliphatic heterocycles. The lowest BCUT2D eigenvalue weighted by molar-refractivity contribution is 0.0591. The molecule has 24 heavy (non-hydrogen) atoms. The van der Waals surface area contributed by atoms with E-state index in [4.69, 9.17) is 9.47 Å². The van der Waals surface area contributed by atoms with Crippen LogP contribution in [0.2, 0.25) is 0 Å². The van der Waals surface area contributed by atoms with Crippen LogP contribution in [0.15, 0.2) is 28.5 Å². The molecule has 0 bridgehead atoms. The van der Waals surface area contributed by atoms with E-state index >= 15 is 0 Å². The zero-order chi connectivity index (χ0) is 17.7. The highest BCUT2D eigenvalue weighted by molar-refractivity contribution is 7.92. The molecular formula is C15H17NO6S2. The molecule has 9 heteroatoms. The van der Waals surface area contributed by atoms with E-state index in [0.717, 1.165) is 17.6 Å². The molecule has 2 aromatic rings. The van der Waals surface area contributed by atoms with E-state index in [9.17, 15) is 13.2 Å². The zero-order valence-electron chi connectivity index (χ0n) is 13.4. The van der Waals surface area contributed by atoms with Crippen LogP contribution in [0, 0.1) is 0 Å². The Morgan fingerprint density at radius 2 is 1.88 bits per heavy atom. The SMILES string of the molecule is CCOc1ccc(COc2nsc(S(C)(=O)=O)c2C(=O)OC)cc1. The van der Waals surface area contributed by atoms with Gasteiger partial charge in [0.25, 0.3) is 0 Å². The number of esters is 1. The minimum atomic E-state index is -3.60.